The number of hydrogen-bond acceptors (Lipinski definition) is 5. The van der Waals surface area contributed by atoms with Crippen molar-refractivity contribution in [1.82, 2.24) is 9.80 Å². The quantitative estimate of drug-likeness (QED) is 0.209. The van der Waals surface area contributed by atoms with Crippen LogP contribution in [0.3, 0.4) is 0 Å². The zero-order valence-corrected chi connectivity index (χ0v) is 21.2. The summed E-state index contributed by atoms with van der Waals surface area (Å²) in [6.45, 7) is 4.68. The molecule has 0 unspecified atom stereocenters. The van der Waals surface area contributed by atoms with Crippen LogP contribution in [0.1, 0.15) is 24.8 Å². The van der Waals surface area contributed by atoms with Crippen LogP contribution in [0.15, 0.2) is 88.1 Å². The topological polar surface area (TPSA) is 45.9 Å². The number of hydrogen-bond donors (Lipinski definition) is 0. The smallest absolute Gasteiger partial charge is 0.339 e. The van der Waals surface area contributed by atoms with E-state index in [9.17, 15) is 9.18 Å². The summed E-state index contributed by atoms with van der Waals surface area (Å²) < 4.78 is 24.7. The molecular formula is C31H33FN2O3. The summed E-state index contributed by atoms with van der Waals surface area (Å²) in [4.78, 5) is 17.1. The maximum atomic E-state index is 13.3. The minimum absolute atomic E-state index is 0.286. The molecule has 5 nitrogen and oxygen atoms in total. The van der Waals surface area contributed by atoms with Gasteiger partial charge in [-0.25, -0.2) is 9.18 Å². The molecule has 1 aromatic heterocycles. The fourth-order valence-electron chi connectivity index (χ4n) is 5.13. The number of benzene rings is 3. The minimum Gasteiger partial charge on any atom is -0.492 e. The van der Waals surface area contributed by atoms with Crippen LogP contribution >= 0.6 is 0 Å². The molecule has 2 heterocycles. The molecule has 0 atom stereocenters. The first kappa shape index (κ1) is 25.2. The number of fused-ring (bicyclic) bond motifs is 1. The van der Waals surface area contributed by atoms with E-state index in [2.05, 4.69) is 47.2 Å². The number of halogens is 1. The van der Waals surface area contributed by atoms with Crippen LogP contribution in [-0.2, 0) is 6.54 Å². The lowest BCUT2D eigenvalue weighted by Crippen LogP contribution is -2.43. The lowest BCUT2D eigenvalue weighted by atomic mass is 10.0. The zero-order valence-electron chi connectivity index (χ0n) is 21.2. The van der Waals surface area contributed by atoms with Crippen LogP contribution in [-0.4, -0.2) is 49.1 Å². The van der Waals surface area contributed by atoms with Crippen molar-refractivity contribution in [2.24, 2.45) is 0 Å². The summed E-state index contributed by atoms with van der Waals surface area (Å²) in [6, 6.07) is 24.5. The van der Waals surface area contributed by atoms with Gasteiger partial charge in [0, 0.05) is 19.1 Å². The van der Waals surface area contributed by atoms with E-state index in [0.717, 1.165) is 49.1 Å². The molecule has 0 saturated carbocycles. The standard InChI is InChI=1S/C31H33FN2O3/c1-33(22-23-6-3-2-4-7-23)27-14-17-34(18-15-27)16-5-19-36-29-21-31(35)37-30-20-25(10-13-28(29)30)24-8-11-26(32)12-9-24/h2-4,6-13,20-21,27H,5,14-19,22H2,1H3. The van der Waals surface area contributed by atoms with Crippen LogP contribution < -0.4 is 10.4 Å². The second kappa shape index (κ2) is 11.7. The third kappa shape index (κ3) is 6.45. The summed E-state index contributed by atoms with van der Waals surface area (Å²) in [5.41, 5.74) is 3.09. The fraction of sp³-hybridized carbons (Fsp3) is 0.323. The summed E-state index contributed by atoms with van der Waals surface area (Å²) in [5.74, 6) is 0.254. The third-order valence-corrected chi connectivity index (χ3v) is 7.22. The lowest BCUT2D eigenvalue weighted by Gasteiger charge is -2.36. The van der Waals surface area contributed by atoms with Crippen molar-refractivity contribution in [2.75, 3.05) is 33.3 Å². The van der Waals surface area contributed by atoms with Gasteiger partial charge in [0.1, 0.15) is 17.1 Å². The molecule has 0 radical (unpaired) electrons. The molecule has 0 aliphatic carbocycles. The largest absolute Gasteiger partial charge is 0.492 e. The van der Waals surface area contributed by atoms with Gasteiger partial charge in [-0.2, -0.15) is 0 Å². The van der Waals surface area contributed by atoms with Gasteiger partial charge in [0.05, 0.1) is 18.1 Å². The Morgan fingerprint density at radius 1 is 0.973 bits per heavy atom. The molecule has 0 spiro atoms. The van der Waals surface area contributed by atoms with Crippen molar-refractivity contribution >= 4 is 11.0 Å². The molecule has 5 rings (SSSR count). The number of nitrogens with zero attached hydrogens (tertiary/aromatic N) is 2. The molecule has 0 amide bonds. The summed E-state index contributed by atoms with van der Waals surface area (Å²) >= 11 is 0. The average Bonchev–Trinajstić information content (AvgIpc) is 2.92. The Labute approximate surface area is 217 Å². The van der Waals surface area contributed by atoms with Crippen molar-refractivity contribution in [3.05, 3.63) is 101 Å². The summed E-state index contributed by atoms with van der Waals surface area (Å²) in [5, 5.41) is 0.757. The molecule has 0 N–H and O–H groups in total. The van der Waals surface area contributed by atoms with Crippen molar-refractivity contribution in [1.29, 1.82) is 0 Å². The molecule has 6 heteroatoms. The molecule has 1 fully saturated rings. The van der Waals surface area contributed by atoms with E-state index in [1.807, 2.05) is 12.1 Å². The van der Waals surface area contributed by atoms with Crippen molar-refractivity contribution in [3.63, 3.8) is 0 Å². The van der Waals surface area contributed by atoms with Gasteiger partial charge in [0.2, 0.25) is 0 Å². The highest BCUT2D eigenvalue weighted by Gasteiger charge is 2.22. The van der Waals surface area contributed by atoms with Gasteiger partial charge in [-0.1, -0.05) is 48.5 Å². The van der Waals surface area contributed by atoms with E-state index in [1.165, 1.54) is 36.6 Å². The van der Waals surface area contributed by atoms with Crippen LogP contribution in [0.5, 0.6) is 5.75 Å². The Balaban J connectivity index is 1.12. The maximum absolute atomic E-state index is 13.3. The maximum Gasteiger partial charge on any atom is 0.339 e. The fourth-order valence-corrected chi connectivity index (χ4v) is 5.13. The van der Waals surface area contributed by atoms with E-state index in [-0.39, 0.29) is 5.82 Å². The van der Waals surface area contributed by atoms with Gasteiger partial charge in [-0.05, 0) is 80.4 Å². The summed E-state index contributed by atoms with van der Waals surface area (Å²) in [7, 11) is 2.23. The number of ether oxygens (including phenoxy) is 1. The van der Waals surface area contributed by atoms with Crippen molar-refractivity contribution in [2.45, 2.75) is 31.8 Å². The highest BCUT2D eigenvalue weighted by Crippen LogP contribution is 2.29. The van der Waals surface area contributed by atoms with E-state index < -0.39 is 5.63 Å². The first-order valence-electron chi connectivity index (χ1n) is 13.0. The monoisotopic (exact) mass is 500 g/mol. The summed E-state index contributed by atoms with van der Waals surface area (Å²) in [6.07, 6.45) is 3.23. The van der Waals surface area contributed by atoms with Crippen LogP contribution in [0.4, 0.5) is 4.39 Å². The molecule has 1 aliphatic heterocycles. The second-order valence-corrected chi connectivity index (χ2v) is 9.82. The first-order chi connectivity index (χ1) is 18.0. The predicted molar refractivity (Wildman–Crippen MR) is 145 cm³/mol. The predicted octanol–water partition coefficient (Wildman–Crippen LogP) is 5.96. The van der Waals surface area contributed by atoms with Gasteiger partial charge < -0.3 is 14.1 Å². The lowest BCUT2D eigenvalue weighted by molar-refractivity contribution is 0.119. The Bertz CT molecular complexity index is 1360. The van der Waals surface area contributed by atoms with E-state index >= 15 is 0 Å². The van der Waals surface area contributed by atoms with Crippen molar-refractivity contribution < 1.29 is 13.5 Å². The van der Waals surface area contributed by atoms with Gasteiger partial charge in [-0.3, -0.25) is 4.90 Å². The van der Waals surface area contributed by atoms with Crippen LogP contribution in [0, 0.1) is 5.82 Å². The normalized spacial score (nSPS) is 14.9. The average molecular weight is 501 g/mol. The Hall–Kier alpha value is -3.48. The van der Waals surface area contributed by atoms with Crippen LogP contribution in [0.25, 0.3) is 22.1 Å². The Kier molecular flexibility index (Phi) is 7.97. The Morgan fingerprint density at radius 3 is 2.46 bits per heavy atom. The Morgan fingerprint density at radius 2 is 1.70 bits per heavy atom. The highest BCUT2D eigenvalue weighted by molar-refractivity contribution is 5.87. The van der Waals surface area contributed by atoms with Crippen LogP contribution in [0.2, 0.25) is 0 Å². The second-order valence-electron chi connectivity index (χ2n) is 9.82. The minimum atomic E-state index is -0.444. The van der Waals surface area contributed by atoms with E-state index in [1.54, 1.807) is 18.2 Å². The molecule has 0 bridgehead atoms. The van der Waals surface area contributed by atoms with Gasteiger partial charge in [0.15, 0.2) is 0 Å². The zero-order chi connectivity index (χ0) is 25.6. The third-order valence-electron chi connectivity index (χ3n) is 7.22. The van der Waals surface area contributed by atoms with E-state index in [0.29, 0.717) is 24.0 Å². The SMILES string of the molecule is CN(Cc1ccccc1)C1CCN(CCCOc2cc(=O)oc3cc(-c4ccc(F)cc4)ccc23)CC1. The highest BCUT2D eigenvalue weighted by atomic mass is 19.1. The molecule has 37 heavy (non-hydrogen) atoms. The molecular weight excluding hydrogens is 467 g/mol. The van der Waals surface area contributed by atoms with Gasteiger partial charge >= 0.3 is 5.63 Å². The molecule has 1 aliphatic rings. The van der Waals surface area contributed by atoms with Gasteiger partial charge in [-0.15, -0.1) is 0 Å². The first-order valence-corrected chi connectivity index (χ1v) is 13.0. The molecule has 4 aromatic rings. The van der Waals surface area contributed by atoms with Crippen molar-refractivity contribution in [3.8, 4) is 16.9 Å². The number of likely N-dealkylation sites (tertiary alicyclic amines) is 1. The van der Waals surface area contributed by atoms with E-state index in [4.69, 9.17) is 9.15 Å². The number of rotatable bonds is 9. The molecule has 192 valence electrons. The molecule has 1 saturated heterocycles. The van der Waals surface area contributed by atoms with Gasteiger partial charge in [0.25, 0.3) is 0 Å². The number of piperidine rings is 1. The molecule has 3 aromatic carbocycles.